The highest BCUT2D eigenvalue weighted by molar-refractivity contribution is 5.85. The largest absolute Gasteiger partial charge is 0.480 e. The first-order chi connectivity index (χ1) is 13.8. The number of hydrogen-bond acceptors (Lipinski definition) is 7. The van der Waals surface area contributed by atoms with E-state index in [1.807, 2.05) is 0 Å². The molecule has 0 aliphatic rings. The fourth-order valence-corrected chi connectivity index (χ4v) is 3.01. The van der Waals surface area contributed by atoms with Crippen LogP contribution in [0, 0.1) is 0 Å². The van der Waals surface area contributed by atoms with Gasteiger partial charge in [-0.25, -0.2) is 0 Å². The number of aromatic hydroxyl groups is 1. The number of nitrogens with one attached hydrogen (secondary N) is 2. The molecule has 0 saturated heterocycles. The minimum absolute atomic E-state index is 0.0726. The van der Waals surface area contributed by atoms with Crippen molar-refractivity contribution in [1.29, 1.82) is 0 Å². The molecular weight excluding hydrogens is 366 g/mol. The monoisotopic (exact) mass is 397 g/mol. The summed E-state index contributed by atoms with van der Waals surface area (Å²) in [6.07, 6.45) is 2.08. The lowest BCUT2D eigenvalue weighted by Gasteiger charge is -2.20. The van der Waals surface area contributed by atoms with Gasteiger partial charge in [-0.1, -0.05) is 37.6 Å². The normalized spacial score (nSPS) is 11.9. The summed E-state index contributed by atoms with van der Waals surface area (Å²) in [6.45, 7) is 10.6. The predicted octanol–water partition coefficient (Wildman–Crippen LogP) is 3.26. The van der Waals surface area contributed by atoms with Crippen LogP contribution in [0.25, 0.3) is 11.2 Å². The molecule has 0 bridgehead atoms. The van der Waals surface area contributed by atoms with E-state index in [1.54, 1.807) is 4.57 Å². The molecule has 0 spiro atoms. The highest BCUT2D eigenvalue weighted by Crippen LogP contribution is 2.27. The van der Waals surface area contributed by atoms with Crippen LogP contribution in [0.5, 0.6) is 6.01 Å². The Balaban J connectivity index is 1.85. The number of nitrogens with zero attached hydrogens (tertiary/aromatic N) is 4. The Kier molecular flexibility index (Phi) is 6.22. The average molecular weight is 398 g/mol. The van der Waals surface area contributed by atoms with Crippen LogP contribution in [-0.4, -0.2) is 36.7 Å². The van der Waals surface area contributed by atoms with Crippen molar-refractivity contribution in [3.05, 3.63) is 35.4 Å². The number of aromatic nitrogens is 4. The van der Waals surface area contributed by atoms with E-state index in [0.29, 0.717) is 23.5 Å². The van der Waals surface area contributed by atoms with Gasteiger partial charge in [0.2, 0.25) is 5.95 Å². The van der Waals surface area contributed by atoms with Crippen LogP contribution in [0.15, 0.2) is 24.3 Å². The quantitative estimate of drug-likeness (QED) is 0.431. The van der Waals surface area contributed by atoms with E-state index in [4.69, 9.17) is 5.73 Å². The van der Waals surface area contributed by atoms with Crippen molar-refractivity contribution in [3.8, 4) is 6.01 Å². The molecule has 29 heavy (non-hydrogen) atoms. The van der Waals surface area contributed by atoms with Crippen molar-refractivity contribution in [2.75, 3.05) is 17.6 Å². The van der Waals surface area contributed by atoms with Crippen molar-refractivity contribution in [3.63, 3.8) is 0 Å². The highest BCUT2D eigenvalue weighted by atomic mass is 16.3. The molecule has 0 radical (unpaired) electrons. The molecule has 8 nitrogen and oxygen atoms in total. The molecule has 0 saturated carbocycles. The molecule has 2 aromatic heterocycles. The Hall–Kier alpha value is -2.87. The summed E-state index contributed by atoms with van der Waals surface area (Å²) >= 11 is 0. The van der Waals surface area contributed by atoms with Crippen molar-refractivity contribution in [1.82, 2.24) is 24.8 Å². The molecule has 0 aliphatic carbocycles. The molecule has 5 N–H and O–H groups in total. The van der Waals surface area contributed by atoms with Gasteiger partial charge in [-0.05, 0) is 38.3 Å². The minimum atomic E-state index is -0.100. The third kappa shape index (κ3) is 5.35. The number of rotatable bonds is 8. The first-order valence-corrected chi connectivity index (χ1v) is 10.1. The molecular formula is C21H31N7O. The summed E-state index contributed by atoms with van der Waals surface area (Å²) in [5, 5.41) is 17.2. The predicted molar refractivity (Wildman–Crippen MR) is 117 cm³/mol. The lowest BCUT2D eigenvalue weighted by molar-refractivity contribution is 0.409. The Morgan fingerprint density at radius 1 is 1.07 bits per heavy atom. The molecule has 2 heterocycles. The lowest BCUT2D eigenvalue weighted by atomic mass is 10.1. The second-order valence-corrected chi connectivity index (χ2v) is 8.30. The van der Waals surface area contributed by atoms with Crippen molar-refractivity contribution < 1.29 is 5.11 Å². The Morgan fingerprint density at radius 3 is 2.41 bits per heavy atom. The smallest absolute Gasteiger partial charge is 0.296 e. The van der Waals surface area contributed by atoms with Gasteiger partial charge in [0, 0.05) is 18.6 Å². The van der Waals surface area contributed by atoms with Crippen LogP contribution in [-0.2, 0) is 13.1 Å². The fraction of sp³-hybridized carbons (Fsp3) is 0.476. The minimum Gasteiger partial charge on any atom is -0.480 e. The van der Waals surface area contributed by atoms with Gasteiger partial charge in [0.15, 0.2) is 11.5 Å². The van der Waals surface area contributed by atoms with Crippen LogP contribution in [0.4, 0.5) is 11.8 Å². The number of unbranched alkanes of at least 4 members (excludes halogenated alkanes) is 1. The average Bonchev–Trinajstić information content (AvgIpc) is 2.95. The first kappa shape index (κ1) is 20.9. The lowest BCUT2D eigenvalue weighted by Crippen LogP contribution is -2.35. The number of anilines is 2. The van der Waals surface area contributed by atoms with Crippen LogP contribution in [0.3, 0.4) is 0 Å². The van der Waals surface area contributed by atoms with E-state index in [1.165, 1.54) is 5.56 Å². The summed E-state index contributed by atoms with van der Waals surface area (Å²) in [5.41, 5.74) is 9.20. The topological polar surface area (TPSA) is 114 Å². The molecule has 0 amide bonds. The molecule has 0 atom stereocenters. The zero-order valence-electron chi connectivity index (χ0n) is 17.7. The molecule has 1 aromatic carbocycles. The zero-order valence-corrected chi connectivity index (χ0v) is 17.7. The molecule has 156 valence electrons. The number of nitrogens with two attached hydrogens (primary N) is 1. The van der Waals surface area contributed by atoms with Crippen LogP contribution in [0.1, 0.15) is 51.7 Å². The van der Waals surface area contributed by atoms with Gasteiger partial charge in [-0.2, -0.15) is 15.0 Å². The van der Waals surface area contributed by atoms with E-state index in [0.717, 1.165) is 31.5 Å². The second kappa shape index (κ2) is 8.65. The SMILES string of the molecule is CCCCNc1nc(N)nc2nc(O)n(Cc3ccc(CNC(C)(C)C)cc3)c12. The maximum atomic E-state index is 10.4. The van der Waals surface area contributed by atoms with Gasteiger partial charge in [0.25, 0.3) is 6.01 Å². The number of hydrogen-bond donors (Lipinski definition) is 4. The van der Waals surface area contributed by atoms with Gasteiger partial charge in [-0.15, -0.1) is 0 Å². The number of benzene rings is 1. The Labute approximate surface area is 171 Å². The number of nitrogen functional groups attached to an aromatic ring is 1. The molecule has 0 fully saturated rings. The van der Waals surface area contributed by atoms with Gasteiger partial charge in [-0.3, -0.25) is 4.57 Å². The number of fused-ring (bicyclic) bond motifs is 1. The van der Waals surface area contributed by atoms with Crippen molar-refractivity contribution in [2.45, 2.75) is 59.2 Å². The maximum absolute atomic E-state index is 10.4. The third-order valence-electron chi connectivity index (χ3n) is 4.61. The molecule has 3 aromatic rings. The summed E-state index contributed by atoms with van der Waals surface area (Å²) in [7, 11) is 0. The van der Waals surface area contributed by atoms with E-state index in [2.05, 4.69) is 77.5 Å². The molecule has 8 heteroatoms. The second-order valence-electron chi connectivity index (χ2n) is 8.30. The van der Waals surface area contributed by atoms with E-state index in [-0.39, 0.29) is 17.5 Å². The zero-order chi connectivity index (χ0) is 21.0. The van der Waals surface area contributed by atoms with E-state index in [9.17, 15) is 5.11 Å². The highest BCUT2D eigenvalue weighted by Gasteiger charge is 2.17. The number of imidazole rings is 1. The summed E-state index contributed by atoms with van der Waals surface area (Å²) in [5.74, 6) is 0.733. The van der Waals surface area contributed by atoms with E-state index < -0.39 is 0 Å². The maximum Gasteiger partial charge on any atom is 0.296 e. The third-order valence-corrected chi connectivity index (χ3v) is 4.61. The van der Waals surface area contributed by atoms with Gasteiger partial charge in [0.1, 0.15) is 5.52 Å². The Bertz CT molecular complexity index is 958. The first-order valence-electron chi connectivity index (χ1n) is 10.1. The fourth-order valence-electron chi connectivity index (χ4n) is 3.01. The van der Waals surface area contributed by atoms with E-state index >= 15 is 0 Å². The van der Waals surface area contributed by atoms with Gasteiger partial charge >= 0.3 is 0 Å². The summed E-state index contributed by atoms with van der Waals surface area (Å²) in [6, 6.07) is 8.22. The Morgan fingerprint density at radius 2 is 1.76 bits per heavy atom. The molecule has 0 unspecified atom stereocenters. The van der Waals surface area contributed by atoms with Crippen LogP contribution >= 0.6 is 0 Å². The standard InChI is InChI=1S/C21H31N7O/c1-5-6-11-23-17-16-18(26-19(22)25-17)27-20(29)28(16)13-15-9-7-14(8-10-15)12-24-21(2,3)4/h7-10,24H,5-6,11-13H2,1-4H3,(H4,22,23,25,26,27,29). The molecule has 3 rings (SSSR count). The summed E-state index contributed by atoms with van der Waals surface area (Å²) < 4.78 is 1.71. The van der Waals surface area contributed by atoms with Crippen molar-refractivity contribution in [2.24, 2.45) is 0 Å². The molecule has 0 aliphatic heterocycles. The van der Waals surface area contributed by atoms with Crippen molar-refractivity contribution >= 4 is 22.9 Å². The van der Waals surface area contributed by atoms with Crippen LogP contribution in [0.2, 0.25) is 0 Å². The van der Waals surface area contributed by atoms with Crippen LogP contribution < -0.4 is 16.4 Å². The summed E-state index contributed by atoms with van der Waals surface area (Å²) in [4.78, 5) is 12.7. The van der Waals surface area contributed by atoms with Gasteiger partial charge in [0.05, 0.1) is 6.54 Å². The van der Waals surface area contributed by atoms with Gasteiger partial charge < -0.3 is 21.5 Å².